The van der Waals surface area contributed by atoms with Gasteiger partial charge in [-0.1, -0.05) is 0 Å². The maximum absolute atomic E-state index is 7.62. The molecule has 1 fully saturated rings. The Morgan fingerprint density at radius 1 is 1.24 bits per heavy atom. The van der Waals surface area contributed by atoms with E-state index < -0.39 is 7.04 Å². The van der Waals surface area contributed by atoms with E-state index in [1.165, 1.54) is 0 Å². The van der Waals surface area contributed by atoms with E-state index in [0.29, 0.717) is 17.0 Å². The van der Waals surface area contributed by atoms with E-state index in [-0.39, 0.29) is 18.0 Å². The Balaban J connectivity index is 1.53. The highest BCUT2D eigenvalue weighted by molar-refractivity contribution is 5.98. The Bertz CT molecular complexity index is 1240. The lowest BCUT2D eigenvalue weighted by Crippen LogP contribution is -2.29. The van der Waals surface area contributed by atoms with Crippen molar-refractivity contribution in [1.29, 1.82) is 0 Å². The molecule has 0 atom stereocenters. The number of nitrogens with zero attached hydrogens (tertiary/aromatic N) is 4. The second-order valence-corrected chi connectivity index (χ2v) is 7.35. The maximum Gasteiger partial charge on any atom is 0.228 e. The van der Waals surface area contributed by atoms with E-state index in [1.54, 1.807) is 24.0 Å². The van der Waals surface area contributed by atoms with Gasteiger partial charge in [-0.25, -0.2) is 4.52 Å². The van der Waals surface area contributed by atoms with Crippen LogP contribution in [0.5, 0.6) is 5.88 Å². The van der Waals surface area contributed by atoms with Crippen molar-refractivity contribution >= 4 is 22.5 Å². The summed E-state index contributed by atoms with van der Waals surface area (Å²) in [5, 5.41) is 8.08. The number of hydrogen-bond donors (Lipinski definition) is 2. The maximum atomic E-state index is 7.62. The molecule has 0 spiro atoms. The van der Waals surface area contributed by atoms with E-state index in [9.17, 15) is 0 Å². The van der Waals surface area contributed by atoms with Crippen LogP contribution in [0.2, 0.25) is 0 Å². The summed E-state index contributed by atoms with van der Waals surface area (Å²) < 4.78 is 35.4. The van der Waals surface area contributed by atoms with Gasteiger partial charge in [0.1, 0.15) is 5.65 Å². The minimum Gasteiger partial charge on any atom is -0.480 e. The smallest absolute Gasteiger partial charge is 0.228 e. The molecule has 4 aromatic heterocycles. The first kappa shape index (κ1) is 14.8. The summed E-state index contributed by atoms with van der Waals surface area (Å²) in [6.45, 7) is 0. The number of fused-ring (bicyclic) bond motifs is 2. The number of hydrogen-bond acceptors (Lipinski definition) is 6. The first-order valence-electron chi connectivity index (χ1n) is 11.2. The third-order valence-electron chi connectivity index (χ3n) is 5.65. The average molecular weight is 395 g/mol. The number of nitrogens with one attached hydrogen (secondary N) is 2. The molecule has 4 heterocycles. The summed E-state index contributed by atoms with van der Waals surface area (Å²) in [7, 11) is -0.902. The highest BCUT2D eigenvalue weighted by atomic mass is 16.5. The molecule has 0 bridgehead atoms. The van der Waals surface area contributed by atoms with E-state index in [0.717, 1.165) is 42.3 Å². The van der Waals surface area contributed by atoms with Crippen molar-refractivity contribution in [3.8, 4) is 17.0 Å². The highest BCUT2D eigenvalue weighted by Crippen LogP contribution is 2.35. The number of pyridine rings is 1. The normalized spacial score (nSPS) is 21.6. The second kappa shape index (κ2) is 7.36. The molecule has 8 heteroatoms. The molecular formula is C21H24N6O2. The molecule has 0 amide bonds. The molecular weight excluding hydrogens is 368 g/mol. The topological polar surface area (TPSA) is 89.4 Å². The first-order valence-corrected chi connectivity index (χ1v) is 9.71. The van der Waals surface area contributed by atoms with Crippen molar-refractivity contribution in [1.82, 2.24) is 24.6 Å². The zero-order chi connectivity index (χ0) is 22.3. The molecule has 4 aromatic rings. The molecule has 150 valence electrons. The number of aromatic amines is 1. The van der Waals surface area contributed by atoms with Crippen molar-refractivity contribution in [2.24, 2.45) is 0 Å². The van der Waals surface area contributed by atoms with Gasteiger partial charge in [0.05, 0.1) is 28.2 Å². The number of rotatable bonds is 5. The minimum atomic E-state index is -2.64. The highest BCUT2D eigenvalue weighted by Gasteiger charge is 2.22. The van der Waals surface area contributed by atoms with Gasteiger partial charge in [-0.15, -0.1) is 0 Å². The van der Waals surface area contributed by atoms with Crippen molar-refractivity contribution in [2.75, 3.05) is 19.5 Å². The van der Waals surface area contributed by atoms with Gasteiger partial charge in [-0.3, -0.25) is 0 Å². The largest absolute Gasteiger partial charge is 0.480 e. The van der Waals surface area contributed by atoms with E-state index in [1.807, 2.05) is 24.4 Å². The lowest BCUT2D eigenvalue weighted by Gasteiger charge is -2.28. The molecule has 1 aliphatic rings. The van der Waals surface area contributed by atoms with Crippen LogP contribution in [-0.4, -0.2) is 50.9 Å². The van der Waals surface area contributed by atoms with Crippen LogP contribution in [0.15, 0.2) is 36.8 Å². The van der Waals surface area contributed by atoms with Gasteiger partial charge >= 0.3 is 0 Å². The number of methoxy groups -OCH3 is 2. The van der Waals surface area contributed by atoms with Crippen LogP contribution in [0.4, 0.5) is 5.95 Å². The summed E-state index contributed by atoms with van der Waals surface area (Å²) in [4.78, 5) is 12.2. The van der Waals surface area contributed by atoms with Crippen molar-refractivity contribution in [3.63, 3.8) is 0 Å². The van der Waals surface area contributed by atoms with Crippen LogP contribution in [-0.2, 0) is 4.74 Å². The molecule has 1 aliphatic carbocycles. The van der Waals surface area contributed by atoms with Crippen LogP contribution in [0.1, 0.15) is 29.8 Å². The zero-order valence-electron chi connectivity index (χ0n) is 19.1. The van der Waals surface area contributed by atoms with Crippen LogP contribution < -0.4 is 10.1 Å². The van der Waals surface area contributed by atoms with Gasteiger partial charge < -0.3 is 19.8 Å². The lowest BCUT2D eigenvalue weighted by molar-refractivity contribution is 0.0681. The molecule has 0 aliphatic heterocycles. The van der Waals surface area contributed by atoms with Gasteiger partial charge in [-0.05, 0) is 49.4 Å². The molecule has 0 saturated heterocycles. The summed E-state index contributed by atoms with van der Waals surface area (Å²) in [5.74, 6) is 0.366. The van der Waals surface area contributed by atoms with Crippen molar-refractivity contribution in [2.45, 2.75) is 37.8 Å². The summed E-state index contributed by atoms with van der Waals surface area (Å²) in [6, 6.07) is 5.96. The minimum absolute atomic E-state index is 0.0210. The average Bonchev–Trinajstić information content (AvgIpc) is 3.39. The predicted octanol–water partition coefficient (Wildman–Crippen LogP) is 3.65. The molecule has 2 N–H and O–H groups in total. The Morgan fingerprint density at radius 2 is 2.14 bits per heavy atom. The Hall–Kier alpha value is -3.13. The fourth-order valence-corrected chi connectivity index (χ4v) is 4.08. The lowest BCUT2D eigenvalue weighted by atomic mass is 9.93. The van der Waals surface area contributed by atoms with E-state index in [4.69, 9.17) is 13.6 Å². The number of ether oxygens (including phenoxy) is 2. The van der Waals surface area contributed by atoms with Gasteiger partial charge in [-0.2, -0.15) is 15.1 Å². The second-order valence-electron chi connectivity index (χ2n) is 7.35. The number of aromatic nitrogens is 5. The SMILES string of the molecule is [2H]C([2H])([2H])Oc1nc(NC2CCC(OC)CC2)nc2[nH]cc(-c3ccn4nccc4c3)c12. The molecule has 29 heavy (non-hydrogen) atoms. The van der Waals surface area contributed by atoms with Crippen molar-refractivity contribution in [3.05, 3.63) is 36.8 Å². The van der Waals surface area contributed by atoms with E-state index in [2.05, 4.69) is 25.4 Å². The van der Waals surface area contributed by atoms with Crippen LogP contribution in [0.3, 0.4) is 0 Å². The predicted molar refractivity (Wildman–Crippen MR) is 111 cm³/mol. The fourth-order valence-electron chi connectivity index (χ4n) is 4.08. The third kappa shape index (κ3) is 3.29. The van der Waals surface area contributed by atoms with Gasteiger partial charge in [0.15, 0.2) is 0 Å². The molecule has 1 saturated carbocycles. The van der Waals surface area contributed by atoms with Crippen LogP contribution in [0, 0.1) is 0 Å². The van der Waals surface area contributed by atoms with Crippen LogP contribution >= 0.6 is 0 Å². The standard InChI is InChI=1S/C21H24N6O2/c1-28-16-5-3-14(4-6-16)24-21-25-19-18(20(26-21)29-2)17(12-22-19)13-8-10-27-15(11-13)7-9-23-27/h7-12,14,16H,3-6H2,1-2H3,(H2,22,24,25,26)/i2D3. The third-order valence-corrected chi connectivity index (χ3v) is 5.65. The summed E-state index contributed by atoms with van der Waals surface area (Å²) >= 11 is 0. The molecule has 0 unspecified atom stereocenters. The molecule has 0 radical (unpaired) electrons. The van der Waals surface area contributed by atoms with Gasteiger partial charge in [0.2, 0.25) is 11.8 Å². The number of H-pyrrole nitrogens is 1. The van der Waals surface area contributed by atoms with Gasteiger partial charge in [0.25, 0.3) is 0 Å². The summed E-state index contributed by atoms with van der Waals surface area (Å²) in [6.07, 6.45) is 9.41. The van der Waals surface area contributed by atoms with Crippen molar-refractivity contribution < 1.29 is 13.6 Å². The molecule has 8 nitrogen and oxygen atoms in total. The molecule has 0 aromatic carbocycles. The zero-order valence-corrected chi connectivity index (χ0v) is 16.1. The van der Waals surface area contributed by atoms with Gasteiger partial charge in [0, 0.05) is 37.3 Å². The fraction of sp³-hybridized carbons (Fsp3) is 0.381. The molecule has 5 rings (SSSR count). The Kier molecular flexibility index (Phi) is 3.76. The Labute approximate surface area is 172 Å². The number of anilines is 1. The summed E-state index contributed by atoms with van der Waals surface area (Å²) in [5.41, 5.74) is 3.06. The van der Waals surface area contributed by atoms with E-state index >= 15 is 0 Å². The first-order chi connectivity index (χ1) is 15.4. The Morgan fingerprint density at radius 3 is 2.97 bits per heavy atom. The monoisotopic (exact) mass is 395 g/mol. The van der Waals surface area contributed by atoms with Crippen LogP contribution in [0.25, 0.3) is 27.7 Å². The quantitative estimate of drug-likeness (QED) is 0.536.